The van der Waals surface area contributed by atoms with Crippen LogP contribution in [0.25, 0.3) is 0 Å². The van der Waals surface area contributed by atoms with E-state index in [0.29, 0.717) is 0 Å². The number of esters is 1. The summed E-state index contributed by atoms with van der Waals surface area (Å²) in [7, 11) is 1.39. The van der Waals surface area contributed by atoms with E-state index in [1.165, 1.54) is 13.5 Å². The van der Waals surface area contributed by atoms with Crippen molar-refractivity contribution in [2.75, 3.05) is 7.11 Å². The summed E-state index contributed by atoms with van der Waals surface area (Å²) in [5, 5.41) is 2.89. The molecule has 0 unspecified atom stereocenters. The number of amides is 1. The zero-order chi connectivity index (χ0) is 12.3. The van der Waals surface area contributed by atoms with Gasteiger partial charge in [0.2, 0.25) is 5.91 Å². The van der Waals surface area contributed by atoms with Crippen molar-refractivity contribution in [1.29, 1.82) is 0 Å². The van der Waals surface area contributed by atoms with E-state index in [4.69, 9.17) is 4.74 Å². The van der Waals surface area contributed by atoms with Crippen LogP contribution in [0.15, 0.2) is 0 Å². The number of carbonyl (C=O) groups is 2. The second-order valence-corrected chi connectivity index (χ2v) is 5.18. The molecule has 1 N–H and O–H groups in total. The monoisotopic (exact) mass is 239 g/mol. The van der Waals surface area contributed by atoms with Crippen molar-refractivity contribution in [3.63, 3.8) is 0 Å². The molecule has 0 aromatic carbocycles. The van der Waals surface area contributed by atoms with Crippen molar-refractivity contribution >= 4 is 11.9 Å². The second-order valence-electron chi connectivity index (χ2n) is 5.18. The molecule has 2 aliphatic carbocycles. The van der Waals surface area contributed by atoms with Gasteiger partial charge >= 0.3 is 5.97 Å². The maximum absolute atomic E-state index is 11.8. The average Bonchev–Trinajstić information content (AvgIpc) is 3.20. The fraction of sp³-hybridized carbons (Fsp3) is 0.846. The maximum Gasteiger partial charge on any atom is 0.328 e. The fourth-order valence-electron chi connectivity index (χ4n) is 2.58. The van der Waals surface area contributed by atoms with Crippen molar-refractivity contribution < 1.29 is 14.3 Å². The zero-order valence-corrected chi connectivity index (χ0v) is 10.4. The summed E-state index contributed by atoms with van der Waals surface area (Å²) in [5.74, 6) is 0.154. The first-order valence-corrected chi connectivity index (χ1v) is 6.60. The minimum atomic E-state index is -0.423. The van der Waals surface area contributed by atoms with Gasteiger partial charge in [0.25, 0.3) is 0 Å². The summed E-state index contributed by atoms with van der Waals surface area (Å²) in [6, 6.07) is -0.423. The maximum atomic E-state index is 11.8. The van der Waals surface area contributed by atoms with Gasteiger partial charge in [0, 0.05) is 5.92 Å². The van der Waals surface area contributed by atoms with Crippen LogP contribution in [0.4, 0.5) is 0 Å². The first-order valence-electron chi connectivity index (χ1n) is 6.60. The zero-order valence-electron chi connectivity index (χ0n) is 10.4. The molecule has 0 heterocycles. The highest BCUT2D eigenvalue weighted by atomic mass is 16.5. The first-order chi connectivity index (χ1) is 8.22. The van der Waals surface area contributed by atoms with Crippen molar-refractivity contribution in [2.24, 2.45) is 11.8 Å². The molecular weight excluding hydrogens is 218 g/mol. The van der Waals surface area contributed by atoms with E-state index >= 15 is 0 Å². The Kier molecular flexibility index (Phi) is 4.02. The van der Waals surface area contributed by atoms with Gasteiger partial charge in [0.05, 0.1) is 7.11 Å². The highest BCUT2D eigenvalue weighted by Crippen LogP contribution is 2.31. The third-order valence-electron chi connectivity index (χ3n) is 3.82. The van der Waals surface area contributed by atoms with E-state index in [9.17, 15) is 9.59 Å². The van der Waals surface area contributed by atoms with Gasteiger partial charge in [-0.05, 0) is 31.6 Å². The molecule has 0 aromatic rings. The minimum Gasteiger partial charge on any atom is -0.467 e. The molecule has 4 heteroatoms. The SMILES string of the molecule is COC(=O)[C@H](NC(=O)C1CC1)C1CCCCC1. The van der Waals surface area contributed by atoms with E-state index in [2.05, 4.69) is 5.32 Å². The van der Waals surface area contributed by atoms with Crippen LogP contribution in [-0.4, -0.2) is 25.0 Å². The number of ether oxygens (including phenoxy) is 1. The van der Waals surface area contributed by atoms with Crippen LogP contribution in [0.3, 0.4) is 0 Å². The highest BCUT2D eigenvalue weighted by Gasteiger charge is 2.36. The summed E-state index contributed by atoms with van der Waals surface area (Å²) in [4.78, 5) is 23.5. The molecular formula is C13H21NO3. The molecule has 2 aliphatic rings. The summed E-state index contributed by atoms with van der Waals surface area (Å²) in [6.07, 6.45) is 7.50. The lowest BCUT2D eigenvalue weighted by Crippen LogP contribution is -2.47. The Morgan fingerprint density at radius 3 is 2.29 bits per heavy atom. The molecule has 0 saturated heterocycles. The molecule has 2 saturated carbocycles. The smallest absolute Gasteiger partial charge is 0.328 e. The van der Waals surface area contributed by atoms with Gasteiger partial charge in [-0.25, -0.2) is 4.79 Å². The predicted octanol–water partition coefficient (Wildman–Crippen LogP) is 1.63. The van der Waals surface area contributed by atoms with Gasteiger partial charge in [-0.15, -0.1) is 0 Å². The van der Waals surface area contributed by atoms with Crippen LogP contribution in [0.5, 0.6) is 0 Å². The molecule has 17 heavy (non-hydrogen) atoms. The molecule has 2 rings (SSSR count). The van der Waals surface area contributed by atoms with Crippen molar-refractivity contribution in [1.82, 2.24) is 5.32 Å². The van der Waals surface area contributed by atoms with Crippen LogP contribution >= 0.6 is 0 Å². The minimum absolute atomic E-state index is 0.0333. The third kappa shape index (κ3) is 3.20. The Labute approximate surface area is 102 Å². The molecule has 0 radical (unpaired) electrons. The van der Waals surface area contributed by atoms with Crippen molar-refractivity contribution in [2.45, 2.75) is 51.0 Å². The Morgan fingerprint density at radius 2 is 1.76 bits per heavy atom. The number of methoxy groups -OCH3 is 1. The molecule has 96 valence electrons. The summed E-state index contributed by atoms with van der Waals surface area (Å²) < 4.78 is 4.81. The Bertz CT molecular complexity index is 293. The fourth-order valence-corrected chi connectivity index (χ4v) is 2.58. The molecule has 1 atom stereocenters. The lowest BCUT2D eigenvalue weighted by Gasteiger charge is -2.29. The number of hydrogen-bond acceptors (Lipinski definition) is 3. The van der Waals surface area contributed by atoms with E-state index < -0.39 is 6.04 Å². The van der Waals surface area contributed by atoms with Crippen LogP contribution < -0.4 is 5.32 Å². The number of carbonyl (C=O) groups excluding carboxylic acids is 2. The molecule has 0 spiro atoms. The van der Waals surface area contributed by atoms with E-state index in [0.717, 1.165) is 38.5 Å². The van der Waals surface area contributed by atoms with E-state index in [1.54, 1.807) is 0 Å². The highest BCUT2D eigenvalue weighted by molar-refractivity contribution is 5.87. The molecule has 1 amide bonds. The van der Waals surface area contributed by atoms with Crippen LogP contribution in [-0.2, 0) is 14.3 Å². The van der Waals surface area contributed by atoms with Crippen molar-refractivity contribution in [3.8, 4) is 0 Å². The van der Waals surface area contributed by atoms with Crippen LogP contribution in [0.1, 0.15) is 44.9 Å². The molecule has 0 aromatic heterocycles. The van der Waals surface area contributed by atoms with Gasteiger partial charge in [0.15, 0.2) is 0 Å². The lowest BCUT2D eigenvalue weighted by molar-refractivity contribution is -0.147. The van der Waals surface area contributed by atoms with Gasteiger partial charge in [0.1, 0.15) is 6.04 Å². The number of hydrogen-bond donors (Lipinski definition) is 1. The van der Waals surface area contributed by atoms with Gasteiger partial charge in [-0.1, -0.05) is 19.3 Å². The molecule has 0 bridgehead atoms. The van der Waals surface area contributed by atoms with Crippen LogP contribution in [0.2, 0.25) is 0 Å². The van der Waals surface area contributed by atoms with Gasteiger partial charge in [-0.3, -0.25) is 4.79 Å². The Balaban J connectivity index is 1.95. The average molecular weight is 239 g/mol. The largest absolute Gasteiger partial charge is 0.467 e. The molecule has 2 fully saturated rings. The Hall–Kier alpha value is -1.06. The normalized spacial score (nSPS) is 22.9. The predicted molar refractivity (Wildman–Crippen MR) is 63.2 cm³/mol. The van der Waals surface area contributed by atoms with Gasteiger partial charge < -0.3 is 10.1 Å². The summed E-state index contributed by atoms with van der Waals surface area (Å²) >= 11 is 0. The molecule has 0 aliphatic heterocycles. The lowest BCUT2D eigenvalue weighted by atomic mass is 9.84. The number of rotatable bonds is 4. The molecule has 4 nitrogen and oxygen atoms in total. The van der Waals surface area contributed by atoms with E-state index in [-0.39, 0.29) is 23.7 Å². The van der Waals surface area contributed by atoms with E-state index in [1.807, 2.05) is 0 Å². The topological polar surface area (TPSA) is 55.4 Å². The van der Waals surface area contributed by atoms with Gasteiger partial charge in [-0.2, -0.15) is 0 Å². The third-order valence-corrected chi connectivity index (χ3v) is 3.82. The first kappa shape index (κ1) is 12.4. The van der Waals surface area contributed by atoms with Crippen molar-refractivity contribution in [3.05, 3.63) is 0 Å². The quantitative estimate of drug-likeness (QED) is 0.759. The summed E-state index contributed by atoms with van der Waals surface area (Å²) in [6.45, 7) is 0. The second kappa shape index (κ2) is 5.52. The Morgan fingerprint density at radius 1 is 1.12 bits per heavy atom. The summed E-state index contributed by atoms with van der Waals surface area (Å²) in [5.41, 5.74) is 0. The standard InChI is InChI=1S/C13H21NO3/c1-17-13(16)11(9-5-3-2-4-6-9)14-12(15)10-7-8-10/h9-11H,2-8H2,1H3,(H,14,15)/t11-/m1/s1. The van der Waals surface area contributed by atoms with Crippen LogP contribution in [0, 0.1) is 11.8 Å². The number of nitrogens with one attached hydrogen (secondary N) is 1.